The molecule has 3 nitrogen and oxygen atoms in total. The van der Waals surface area contributed by atoms with Crippen LogP contribution < -0.4 is 5.32 Å². The van der Waals surface area contributed by atoms with Gasteiger partial charge in [-0.15, -0.1) is 0 Å². The summed E-state index contributed by atoms with van der Waals surface area (Å²) in [5.41, 5.74) is 3.60. The molecule has 0 fully saturated rings. The van der Waals surface area contributed by atoms with E-state index < -0.39 is 0 Å². The third-order valence-electron chi connectivity index (χ3n) is 2.63. The number of nitrogens with zero attached hydrogens (tertiary/aromatic N) is 2. The fourth-order valence-corrected chi connectivity index (χ4v) is 1.47. The molecular formula is C13H23N3. The molecule has 1 aromatic heterocycles. The van der Waals surface area contributed by atoms with E-state index in [9.17, 15) is 0 Å². The largest absolute Gasteiger partial charge is 0.310 e. The first-order valence-electron chi connectivity index (χ1n) is 5.95. The highest BCUT2D eigenvalue weighted by atomic mass is 15.3. The van der Waals surface area contributed by atoms with Crippen molar-refractivity contribution in [1.82, 2.24) is 15.1 Å². The maximum Gasteiger partial charge on any atom is 0.0638 e. The predicted molar refractivity (Wildman–Crippen MR) is 68.4 cm³/mol. The number of rotatable bonds is 6. The molecule has 0 bridgehead atoms. The lowest BCUT2D eigenvalue weighted by atomic mass is 10.2. The minimum Gasteiger partial charge on any atom is -0.310 e. The summed E-state index contributed by atoms with van der Waals surface area (Å²) in [5.74, 6) is 0. The highest BCUT2D eigenvalue weighted by molar-refractivity contribution is 5.15. The van der Waals surface area contributed by atoms with Gasteiger partial charge in [0.2, 0.25) is 0 Å². The van der Waals surface area contributed by atoms with E-state index in [1.165, 1.54) is 11.1 Å². The van der Waals surface area contributed by atoms with Gasteiger partial charge in [0, 0.05) is 24.3 Å². The summed E-state index contributed by atoms with van der Waals surface area (Å²) in [6, 6.07) is 0.508. The van der Waals surface area contributed by atoms with Gasteiger partial charge in [-0.1, -0.05) is 32.9 Å². The van der Waals surface area contributed by atoms with E-state index in [1.54, 1.807) is 0 Å². The topological polar surface area (TPSA) is 29.9 Å². The van der Waals surface area contributed by atoms with Gasteiger partial charge in [-0.05, 0) is 13.3 Å². The highest BCUT2D eigenvalue weighted by Crippen LogP contribution is 2.08. The van der Waals surface area contributed by atoms with Crippen LogP contribution >= 0.6 is 0 Å². The average Bonchev–Trinajstić information content (AvgIpc) is 2.55. The van der Waals surface area contributed by atoms with E-state index in [-0.39, 0.29) is 0 Å². The fourth-order valence-electron chi connectivity index (χ4n) is 1.47. The number of nitrogens with one attached hydrogen (secondary N) is 1. The summed E-state index contributed by atoms with van der Waals surface area (Å²) in [4.78, 5) is 0. The lowest BCUT2D eigenvalue weighted by molar-refractivity contribution is 0.587. The van der Waals surface area contributed by atoms with E-state index in [0.29, 0.717) is 6.04 Å². The van der Waals surface area contributed by atoms with Crippen molar-refractivity contribution in [3.05, 3.63) is 29.6 Å². The van der Waals surface area contributed by atoms with Crippen LogP contribution in [0.3, 0.4) is 0 Å². The lowest BCUT2D eigenvalue weighted by Crippen LogP contribution is -2.21. The van der Waals surface area contributed by atoms with Crippen molar-refractivity contribution in [2.75, 3.05) is 0 Å². The van der Waals surface area contributed by atoms with E-state index in [4.69, 9.17) is 0 Å². The molecule has 16 heavy (non-hydrogen) atoms. The maximum atomic E-state index is 4.49. The molecule has 0 saturated heterocycles. The van der Waals surface area contributed by atoms with E-state index in [1.807, 2.05) is 4.68 Å². The van der Waals surface area contributed by atoms with Crippen LogP contribution in [0.4, 0.5) is 0 Å². The van der Waals surface area contributed by atoms with Gasteiger partial charge in [0.05, 0.1) is 12.2 Å². The highest BCUT2D eigenvalue weighted by Gasteiger charge is 2.05. The first kappa shape index (κ1) is 13.0. The van der Waals surface area contributed by atoms with Crippen molar-refractivity contribution in [1.29, 1.82) is 0 Å². The summed E-state index contributed by atoms with van der Waals surface area (Å²) in [6.07, 6.45) is 3.13. The zero-order valence-corrected chi connectivity index (χ0v) is 10.9. The van der Waals surface area contributed by atoms with Crippen LogP contribution in [0.15, 0.2) is 18.3 Å². The molecule has 1 aromatic rings. The molecule has 90 valence electrons. The van der Waals surface area contributed by atoms with Gasteiger partial charge in [-0.3, -0.25) is 4.68 Å². The van der Waals surface area contributed by atoms with E-state index in [0.717, 1.165) is 25.2 Å². The maximum absolute atomic E-state index is 4.49. The Kier molecular flexibility index (Phi) is 4.74. The molecule has 0 aliphatic carbocycles. The van der Waals surface area contributed by atoms with E-state index >= 15 is 0 Å². The Hall–Kier alpha value is -1.09. The van der Waals surface area contributed by atoms with Crippen LogP contribution in [0.5, 0.6) is 0 Å². The molecule has 3 heteroatoms. The Morgan fingerprint density at radius 2 is 2.25 bits per heavy atom. The Bertz CT molecular complexity index is 350. The average molecular weight is 221 g/mol. The van der Waals surface area contributed by atoms with Crippen molar-refractivity contribution in [2.24, 2.45) is 0 Å². The van der Waals surface area contributed by atoms with Crippen molar-refractivity contribution < 1.29 is 0 Å². The molecular weight excluding hydrogens is 198 g/mol. The SMILES string of the molecule is C=C(CC)Cn1cc(CNC(C)C)c(C)n1. The second kappa shape index (κ2) is 5.85. The Morgan fingerprint density at radius 3 is 2.81 bits per heavy atom. The number of hydrogen-bond acceptors (Lipinski definition) is 2. The van der Waals surface area contributed by atoms with Crippen LogP contribution in [0.1, 0.15) is 38.4 Å². The van der Waals surface area contributed by atoms with Crippen molar-refractivity contribution in [3.63, 3.8) is 0 Å². The van der Waals surface area contributed by atoms with Crippen LogP contribution in [0.2, 0.25) is 0 Å². The quantitative estimate of drug-likeness (QED) is 0.748. The zero-order chi connectivity index (χ0) is 12.1. The van der Waals surface area contributed by atoms with Gasteiger partial charge in [0.1, 0.15) is 0 Å². The normalized spacial score (nSPS) is 11.1. The predicted octanol–water partition coefficient (Wildman–Crippen LogP) is 2.66. The Labute approximate surface area is 98.5 Å². The molecule has 0 aliphatic heterocycles. The monoisotopic (exact) mass is 221 g/mol. The second-order valence-electron chi connectivity index (χ2n) is 4.58. The van der Waals surface area contributed by atoms with Crippen molar-refractivity contribution in [2.45, 2.75) is 53.2 Å². The van der Waals surface area contributed by atoms with Crippen LogP contribution in [-0.4, -0.2) is 15.8 Å². The molecule has 0 radical (unpaired) electrons. The van der Waals surface area contributed by atoms with Crippen LogP contribution in [0, 0.1) is 6.92 Å². The van der Waals surface area contributed by atoms with Gasteiger partial charge in [0.25, 0.3) is 0 Å². The molecule has 0 saturated carbocycles. The van der Waals surface area contributed by atoms with Gasteiger partial charge < -0.3 is 5.32 Å². The molecule has 0 atom stereocenters. The summed E-state index contributed by atoms with van der Waals surface area (Å²) in [5, 5.41) is 7.90. The number of aromatic nitrogens is 2. The van der Waals surface area contributed by atoms with Crippen LogP contribution in [0.25, 0.3) is 0 Å². The molecule has 1 rings (SSSR count). The molecule has 0 unspecified atom stereocenters. The van der Waals surface area contributed by atoms with Gasteiger partial charge in [-0.2, -0.15) is 5.10 Å². The van der Waals surface area contributed by atoms with Crippen molar-refractivity contribution in [3.8, 4) is 0 Å². The summed E-state index contributed by atoms with van der Waals surface area (Å²) >= 11 is 0. The minimum atomic E-state index is 0.508. The van der Waals surface area contributed by atoms with E-state index in [2.05, 4.69) is 50.9 Å². The zero-order valence-electron chi connectivity index (χ0n) is 10.9. The molecule has 0 amide bonds. The Balaban J connectivity index is 2.62. The standard InChI is InChI=1S/C13H23N3/c1-6-11(4)8-16-9-13(12(5)15-16)7-14-10(2)3/h9-10,14H,4,6-8H2,1-3,5H3. The second-order valence-corrected chi connectivity index (χ2v) is 4.58. The molecule has 0 aromatic carbocycles. The summed E-state index contributed by atoms with van der Waals surface area (Å²) in [6.45, 7) is 14.2. The molecule has 1 N–H and O–H groups in total. The third kappa shape index (κ3) is 3.81. The molecule has 0 spiro atoms. The number of allylic oxidation sites excluding steroid dienone is 1. The molecule has 0 aliphatic rings. The first-order chi connectivity index (χ1) is 7.52. The van der Waals surface area contributed by atoms with Gasteiger partial charge in [0.15, 0.2) is 0 Å². The smallest absolute Gasteiger partial charge is 0.0638 e. The summed E-state index contributed by atoms with van der Waals surface area (Å²) in [7, 11) is 0. The number of hydrogen-bond donors (Lipinski definition) is 1. The van der Waals surface area contributed by atoms with Gasteiger partial charge >= 0.3 is 0 Å². The number of aryl methyl sites for hydroxylation is 1. The lowest BCUT2D eigenvalue weighted by Gasteiger charge is -2.06. The van der Waals surface area contributed by atoms with Crippen LogP contribution in [-0.2, 0) is 13.1 Å². The first-order valence-corrected chi connectivity index (χ1v) is 5.95. The van der Waals surface area contributed by atoms with Crippen molar-refractivity contribution >= 4 is 0 Å². The minimum absolute atomic E-state index is 0.508. The van der Waals surface area contributed by atoms with Gasteiger partial charge in [-0.25, -0.2) is 0 Å². The summed E-state index contributed by atoms with van der Waals surface area (Å²) < 4.78 is 1.98. The Morgan fingerprint density at radius 1 is 1.56 bits per heavy atom. The fraction of sp³-hybridized carbons (Fsp3) is 0.615. The third-order valence-corrected chi connectivity index (χ3v) is 2.63. The molecule has 1 heterocycles.